The third kappa shape index (κ3) is 6.10. The lowest BCUT2D eigenvalue weighted by Gasteiger charge is -2.18. The van der Waals surface area contributed by atoms with Gasteiger partial charge in [-0.1, -0.05) is 48.5 Å². The van der Waals surface area contributed by atoms with E-state index in [2.05, 4.69) is 17.0 Å². The molecule has 42 heavy (non-hydrogen) atoms. The van der Waals surface area contributed by atoms with Gasteiger partial charge < -0.3 is 18.8 Å². The number of aromatic nitrogens is 1. The molecule has 0 bridgehead atoms. The number of fused-ring (bicyclic) bond motifs is 1. The highest BCUT2D eigenvalue weighted by Gasteiger charge is 2.25. The summed E-state index contributed by atoms with van der Waals surface area (Å²) in [4.78, 5) is 31.1. The van der Waals surface area contributed by atoms with Crippen LogP contribution in [0.5, 0.6) is 11.5 Å². The maximum Gasteiger partial charge on any atom is 0.343 e. The summed E-state index contributed by atoms with van der Waals surface area (Å²) in [5.41, 5.74) is 3.65. The van der Waals surface area contributed by atoms with Gasteiger partial charge in [-0.3, -0.25) is 9.69 Å². The van der Waals surface area contributed by atoms with Gasteiger partial charge in [-0.2, -0.15) is 0 Å². The first-order valence-electron chi connectivity index (χ1n) is 13.8. The van der Waals surface area contributed by atoms with Gasteiger partial charge in [0.1, 0.15) is 21.9 Å². The van der Waals surface area contributed by atoms with Crippen molar-refractivity contribution in [2.75, 3.05) is 27.9 Å². The van der Waals surface area contributed by atoms with Crippen molar-refractivity contribution in [3.05, 3.63) is 118 Å². The number of pyridine rings is 1. The second-order valence-electron chi connectivity index (χ2n) is 10.0. The molecular weight excluding hydrogens is 548 g/mol. The zero-order valence-corrected chi connectivity index (χ0v) is 25.1. The summed E-state index contributed by atoms with van der Waals surface area (Å²) >= 11 is 1.55. The second kappa shape index (κ2) is 13.1. The van der Waals surface area contributed by atoms with E-state index in [1.54, 1.807) is 38.7 Å². The van der Waals surface area contributed by atoms with E-state index in [-0.39, 0.29) is 17.6 Å². The Hall–Kier alpha value is -4.40. The fraction of sp³-hybridized carbons (Fsp3) is 0.235. The number of methoxy groups -OCH3 is 2. The topological polar surface area (TPSA) is 70.0 Å². The molecule has 0 saturated carbocycles. The molecule has 2 heterocycles. The van der Waals surface area contributed by atoms with Gasteiger partial charge in [-0.05, 0) is 61.0 Å². The average molecular weight is 583 g/mol. The maximum absolute atomic E-state index is 14.1. The van der Waals surface area contributed by atoms with E-state index in [4.69, 9.17) is 14.2 Å². The standard InChI is InChI=1S/C34H34N2O5S/c1-5-41-34(38)28-22-36(20-25-13-9-10-14-29(25)40-4)33-30(31(28)37)27(21-35(2)19-23-11-7-6-8-12-23)32(42-33)24-15-17-26(39-3)18-16-24/h6-18,22H,5,19-21H2,1-4H3. The molecule has 7 nitrogen and oxygen atoms in total. The molecule has 0 unspecified atom stereocenters. The Bertz CT molecular complexity index is 1740. The number of carbonyl (C=O) groups excluding carboxylic acids is 1. The minimum atomic E-state index is -0.626. The van der Waals surface area contributed by atoms with Crippen LogP contribution >= 0.6 is 11.3 Å². The molecule has 0 saturated heterocycles. The van der Waals surface area contributed by atoms with E-state index in [9.17, 15) is 9.59 Å². The Balaban J connectivity index is 1.73. The van der Waals surface area contributed by atoms with Gasteiger partial charge in [0.15, 0.2) is 0 Å². The number of nitrogens with zero attached hydrogens (tertiary/aromatic N) is 2. The Kier molecular flexibility index (Phi) is 9.05. The highest BCUT2D eigenvalue weighted by atomic mass is 32.1. The lowest BCUT2D eigenvalue weighted by Crippen LogP contribution is -2.23. The lowest BCUT2D eigenvalue weighted by atomic mass is 10.0. The summed E-state index contributed by atoms with van der Waals surface area (Å²) in [6, 6.07) is 25.8. The van der Waals surface area contributed by atoms with Crippen LogP contribution in [-0.2, 0) is 24.4 Å². The van der Waals surface area contributed by atoms with Gasteiger partial charge in [0.2, 0.25) is 5.43 Å². The van der Waals surface area contributed by atoms with Crippen LogP contribution in [0.2, 0.25) is 0 Å². The molecule has 0 spiro atoms. The molecule has 3 aromatic carbocycles. The number of carbonyl (C=O) groups is 1. The van der Waals surface area contributed by atoms with Crippen molar-refractivity contribution >= 4 is 27.5 Å². The van der Waals surface area contributed by atoms with Crippen molar-refractivity contribution in [1.29, 1.82) is 0 Å². The van der Waals surface area contributed by atoms with Gasteiger partial charge in [0.05, 0.1) is 32.8 Å². The molecular formula is C34H34N2O5S. The Morgan fingerprint density at radius 1 is 0.905 bits per heavy atom. The van der Waals surface area contributed by atoms with Crippen LogP contribution in [0.25, 0.3) is 20.7 Å². The number of ether oxygens (including phenoxy) is 3. The largest absolute Gasteiger partial charge is 0.497 e. The fourth-order valence-electron chi connectivity index (χ4n) is 5.13. The SMILES string of the molecule is CCOC(=O)c1cn(Cc2ccccc2OC)c2sc(-c3ccc(OC)cc3)c(CN(C)Cc3ccccc3)c2c1=O. The Labute approximate surface area is 249 Å². The molecule has 0 N–H and O–H groups in total. The van der Waals surface area contributed by atoms with E-state index in [1.165, 1.54) is 5.56 Å². The number of rotatable bonds is 11. The molecule has 5 aromatic rings. The zero-order chi connectivity index (χ0) is 29.6. The van der Waals surface area contributed by atoms with Crippen LogP contribution < -0.4 is 14.9 Å². The summed E-state index contributed by atoms with van der Waals surface area (Å²) in [6.45, 7) is 3.53. The summed E-state index contributed by atoms with van der Waals surface area (Å²) in [5, 5.41) is 0.534. The van der Waals surface area contributed by atoms with Gasteiger partial charge in [0.25, 0.3) is 0 Å². The van der Waals surface area contributed by atoms with Crippen molar-refractivity contribution in [1.82, 2.24) is 9.47 Å². The van der Waals surface area contributed by atoms with Crippen molar-refractivity contribution in [3.63, 3.8) is 0 Å². The second-order valence-corrected chi connectivity index (χ2v) is 11.0. The summed E-state index contributed by atoms with van der Waals surface area (Å²) in [5.74, 6) is 0.860. The first-order chi connectivity index (χ1) is 20.4. The monoisotopic (exact) mass is 582 g/mol. The minimum Gasteiger partial charge on any atom is -0.497 e. The normalized spacial score (nSPS) is 11.2. The molecule has 0 radical (unpaired) electrons. The molecule has 0 aliphatic rings. The van der Waals surface area contributed by atoms with Crippen LogP contribution in [0.3, 0.4) is 0 Å². The van der Waals surface area contributed by atoms with E-state index in [0.29, 0.717) is 25.0 Å². The number of hydrogen-bond donors (Lipinski definition) is 0. The van der Waals surface area contributed by atoms with Crippen LogP contribution in [0, 0.1) is 0 Å². The van der Waals surface area contributed by atoms with Crippen LogP contribution in [0.1, 0.15) is 34.0 Å². The molecule has 0 aliphatic heterocycles. The van der Waals surface area contributed by atoms with E-state index < -0.39 is 5.97 Å². The van der Waals surface area contributed by atoms with Crippen molar-refractivity contribution < 1.29 is 19.0 Å². The summed E-state index contributed by atoms with van der Waals surface area (Å²) in [6.07, 6.45) is 1.63. The third-order valence-electron chi connectivity index (χ3n) is 7.11. The van der Waals surface area contributed by atoms with Gasteiger partial charge in [0, 0.05) is 29.7 Å². The first kappa shape index (κ1) is 29.1. The number of esters is 1. The summed E-state index contributed by atoms with van der Waals surface area (Å²) < 4.78 is 18.3. The van der Waals surface area contributed by atoms with E-state index >= 15 is 0 Å². The zero-order valence-electron chi connectivity index (χ0n) is 24.3. The molecule has 0 amide bonds. The molecule has 8 heteroatoms. The van der Waals surface area contributed by atoms with Crippen molar-refractivity contribution in [2.24, 2.45) is 0 Å². The number of benzene rings is 3. The average Bonchev–Trinajstić information content (AvgIpc) is 3.39. The molecule has 2 aromatic heterocycles. The highest BCUT2D eigenvalue weighted by Crippen LogP contribution is 2.39. The Morgan fingerprint density at radius 2 is 1.62 bits per heavy atom. The van der Waals surface area contributed by atoms with Crippen molar-refractivity contribution in [2.45, 2.75) is 26.6 Å². The van der Waals surface area contributed by atoms with Gasteiger partial charge >= 0.3 is 5.97 Å². The quantitative estimate of drug-likeness (QED) is 0.163. The molecule has 216 valence electrons. The smallest absolute Gasteiger partial charge is 0.343 e. The van der Waals surface area contributed by atoms with Gasteiger partial charge in [-0.25, -0.2) is 4.79 Å². The van der Waals surface area contributed by atoms with Crippen molar-refractivity contribution in [3.8, 4) is 21.9 Å². The Morgan fingerprint density at radius 3 is 2.31 bits per heavy atom. The number of para-hydroxylation sites is 1. The molecule has 0 atom stereocenters. The van der Waals surface area contributed by atoms with Crippen LogP contribution in [0.15, 0.2) is 89.9 Å². The number of hydrogen-bond acceptors (Lipinski definition) is 7. The molecule has 5 rings (SSSR count). The molecule has 0 aliphatic carbocycles. The fourth-order valence-corrected chi connectivity index (χ4v) is 6.42. The van der Waals surface area contributed by atoms with Gasteiger partial charge in [-0.15, -0.1) is 11.3 Å². The minimum absolute atomic E-state index is 0.0188. The van der Waals surface area contributed by atoms with Crippen LogP contribution in [0.4, 0.5) is 0 Å². The van der Waals surface area contributed by atoms with E-state index in [0.717, 1.165) is 37.9 Å². The van der Waals surface area contributed by atoms with E-state index in [1.807, 2.05) is 78.3 Å². The lowest BCUT2D eigenvalue weighted by molar-refractivity contribution is 0.0524. The first-order valence-corrected chi connectivity index (χ1v) is 14.6. The predicted octanol–water partition coefficient (Wildman–Crippen LogP) is 6.60. The summed E-state index contributed by atoms with van der Waals surface area (Å²) in [7, 11) is 5.31. The van der Waals surface area contributed by atoms with Crippen LogP contribution in [-0.4, -0.2) is 43.3 Å². The predicted molar refractivity (Wildman–Crippen MR) is 168 cm³/mol. The molecule has 0 fully saturated rings. The maximum atomic E-state index is 14.1. The third-order valence-corrected chi connectivity index (χ3v) is 8.43. The number of thiophene rings is 1. The highest BCUT2D eigenvalue weighted by molar-refractivity contribution is 7.22.